The van der Waals surface area contributed by atoms with Crippen LogP contribution in [0.1, 0.15) is 85.4 Å². The van der Waals surface area contributed by atoms with Crippen LogP contribution in [0.25, 0.3) is 22.0 Å². The Morgan fingerprint density at radius 3 is 2.22 bits per heavy atom. The van der Waals surface area contributed by atoms with Crippen LogP contribution >= 0.6 is 11.6 Å². The van der Waals surface area contributed by atoms with Crippen LogP contribution in [-0.4, -0.2) is 95.1 Å². The van der Waals surface area contributed by atoms with Gasteiger partial charge in [-0.15, -0.1) is 0 Å². The SMILES string of the molecule is CC(C)(C#Cc1ccc(-c2ccc(Cl)c3c(N(C(=O)OCCCCCO)S(C)(=O)=O)nn(CC(F)(F)F)c23)c([C@H](Cc2cc(F)cc(F)c2)NC(=O)Cn2nc(C(F)(F)F)c3c2C(F)(F)[C@@H]2C[C@H]32)n1)S(C)(=O)=O. The van der Waals surface area contributed by atoms with Crippen molar-refractivity contribution in [3.05, 3.63) is 93.0 Å². The predicted octanol–water partition coefficient (Wildman–Crippen LogP) is 8.36. The molecular weight excluding hydrogens is 1060 g/mol. The van der Waals surface area contributed by atoms with Crippen molar-refractivity contribution in [3.63, 3.8) is 0 Å². The summed E-state index contributed by atoms with van der Waals surface area (Å²) >= 11 is 6.62. The molecule has 2 aromatic carbocycles. The molecule has 0 saturated heterocycles. The van der Waals surface area contributed by atoms with Gasteiger partial charge in [-0.05, 0) is 93.7 Å². The first-order chi connectivity index (χ1) is 33.7. The number of aromatic nitrogens is 5. The van der Waals surface area contributed by atoms with E-state index in [0.29, 0.717) is 25.2 Å². The fraction of sp³-hybridized carbons (Fsp3) is 0.444. The third kappa shape index (κ3) is 11.6. The second kappa shape index (κ2) is 19.7. The zero-order valence-electron chi connectivity index (χ0n) is 38.6. The van der Waals surface area contributed by atoms with Crippen molar-refractivity contribution in [1.82, 2.24) is 29.9 Å². The zero-order chi connectivity index (χ0) is 54.0. The molecule has 28 heteroatoms. The van der Waals surface area contributed by atoms with Crippen LogP contribution in [0.5, 0.6) is 0 Å². The topological polar surface area (TPSA) is 196 Å². The molecule has 2 N–H and O–H groups in total. The third-order valence-electron chi connectivity index (χ3n) is 12.0. The van der Waals surface area contributed by atoms with Gasteiger partial charge < -0.3 is 15.2 Å². The summed E-state index contributed by atoms with van der Waals surface area (Å²) < 4.78 is 203. The maximum absolute atomic E-state index is 15.6. The van der Waals surface area contributed by atoms with E-state index in [4.69, 9.17) is 21.4 Å². The van der Waals surface area contributed by atoms with Crippen molar-refractivity contribution in [1.29, 1.82) is 0 Å². The lowest BCUT2D eigenvalue weighted by atomic mass is 9.93. The Labute approximate surface area is 414 Å². The number of carbonyl (C=O) groups is 2. The molecule has 2 aliphatic rings. The molecule has 0 aliphatic heterocycles. The number of nitrogens with one attached hydrogen (secondary N) is 1. The standard InChI is InChI=1S/C45H42ClF10N7O8S2/c1-42(2,72(3,67)68)13-12-26-8-9-27(28-10-11-31(46)35-37(28)62(22-43(49,50)51)60-40(35)63(73(4,69)70)41(66)71-15-7-5-6-14-64)36(57-26)32(18-23-16-24(47)19-25(48)17-23)58-33(65)21-61-39-34(38(59-61)45(54,55)56)29-20-30(29)44(39,52)53/h8-11,16-17,19,29-30,32,64H,5-7,14-15,18,20-22H2,1-4H3,(H,58,65)/t29-,30+,32-/m0/s1. The number of unbranched alkanes of at least 4 members (excludes halogenated alkanes) is 2. The van der Waals surface area contributed by atoms with E-state index in [2.05, 4.69) is 32.3 Å². The van der Waals surface area contributed by atoms with E-state index in [1.54, 1.807) is 0 Å². The molecular formula is C45H42ClF10N7O8S2. The Morgan fingerprint density at radius 1 is 0.959 bits per heavy atom. The van der Waals surface area contributed by atoms with Gasteiger partial charge in [-0.1, -0.05) is 23.6 Å². The number of aliphatic hydroxyl groups is 1. The number of sulfone groups is 1. The number of benzene rings is 2. The molecule has 0 spiro atoms. The van der Waals surface area contributed by atoms with E-state index < -0.39 is 155 Å². The summed E-state index contributed by atoms with van der Waals surface area (Å²) in [5.74, 6) is -6.05. The van der Waals surface area contributed by atoms with Crippen molar-refractivity contribution in [2.45, 2.75) is 94.0 Å². The zero-order valence-corrected chi connectivity index (χ0v) is 41.0. The quantitative estimate of drug-likeness (QED) is 0.0548. The maximum atomic E-state index is 15.6. The molecule has 0 radical (unpaired) electrons. The number of rotatable bonds is 16. The van der Waals surface area contributed by atoms with Crippen LogP contribution in [-0.2, 0) is 61.0 Å². The van der Waals surface area contributed by atoms with E-state index in [9.17, 15) is 61.5 Å². The molecule has 0 bridgehead atoms. The summed E-state index contributed by atoms with van der Waals surface area (Å²) in [6.07, 6.45) is -10.8. The summed E-state index contributed by atoms with van der Waals surface area (Å²) in [7, 11) is -8.74. The summed E-state index contributed by atoms with van der Waals surface area (Å²) in [6.45, 7) is -1.43. The maximum Gasteiger partial charge on any atom is 0.435 e. The summed E-state index contributed by atoms with van der Waals surface area (Å²) in [5, 5.41) is 17.7. The van der Waals surface area contributed by atoms with Gasteiger partial charge in [0.15, 0.2) is 21.3 Å². The van der Waals surface area contributed by atoms with Crippen LogP contribution in [0.15, 0.2) is 42.5 Å². The predicted molar refractivity (Wildman–Crippen MR) is 242 cm³/mol. The molecule has 0 unspecified atom stereocenters. The van der Waals surface area contributed by atoms with Crippen LogP contribution in [0.2, 0.25) is 5.02 Å². The molecule has 5 aromatic rings. The van der Waals surface area contributed by atoms with Crippen molar-refractivity contribution in [2.75, 3.05) is 30.0 Å². The number of halogens is 11. The second-order valence-electron chi connectivity index (χ2n) is 17.9. The van der Waals surface area contributed by atoms with E-state index in [-0.39, 0.29) is 55.5 Å². The van der Waals surface area contributed by atoms with Gasteiger partial charge in [-0.2, -0.15) is 49.6 Å². The molecule has 2 aliphatic carbocycles. The van der Waals surface area contributed by atoms with E-state index in [1.807, 2.05) is 0 Å². The molecule has 7 rings (SSSR count). The summed E-state index contributed by atoms with van der Waals surface area (Å²) in [6, 6.07) is 4.75. The number of nitrogens with zero attached hydrogens (tertiary/aromatic N) is 6. The van der Waals surface area contributed by atoms with Gasteiger partial charge in [0, 0.05) is 41.5 Å². The van der Waals surface area contributed by atoms with Gasteiger partial charge in [0.25, 0.3) is 5.92 Å². The monoisotopic (exact) mass is 1100 g/mol. The number of hydrogen-bond donors (Lipinski definition) is 2. The minimum absolute atomic E-state index is 0.0317. The molecule has 73 heavy (non-hydrogen) atoms. The van der Waals surface area contributed by atoms with Gasteiger partial charge in [0.05, 0.1) is 40.5 Å². The number of sulfonamides is 1. The first kappa shape index (κ1) is 54.8. The minimum Gasteiger partial charge on any atom is -0.448 e. The summed E-state index contributed by atoms with van der Waals surface area (Å²) in [5.41, 5.74) is -5.92. The first-order valence-electron chi connectivity index (χ1n) is 21.8. The Kier molecular flexibility index (Phi) is 14.8. The number of carbonyl (C=O) groups excluding carboxylic acids is 2. The molecule has 3 atom stereocenters. The van der Waals surface area contributed by atoms with E-state index >= 15 is 8.78 Å². The number of hydrogen-bond acceptors (Lipinski definition) is 11. The normalized spacial score (nSPS) is 16.9. The van der Waals surface area contributed by atoms with Crippen LogP contribution in [0, 0.1) is 29.4 Å². The van der Waals surface area contributed by atoms with E-state index in [0.717, 1.165) is 42.7 Å². The lowest BCUT2D eigenvalue weighted by molar-refractivity contribution is -0.143. The van der Waals surface area contributed by atoms with Crippen LogP contribution in [0.3, 0.4) is 0 Å². The number of aliphatic hydroxyl groups excluding tert-OH is 1. The Morgan fingerprint density at radius 2 is 1.62 bits per heavy atom. The number of anilines is 1. The number of ether oxygens (including phenoxy) is 1. The summed E-state index contributed by atoms with van der Waals surface area (Å²) in [4.78, 5) is 32.2. The Bertz CT molecular complexity index is 3300. The Hall–Kier alpha value is -5.98. The number of fused-ring (bicyclic) bond motifs is 4. The van der Waals surface area contributed by atoms with Gasteiger partial charge in [0.1, 0.15) is 40.9 Å². The molecule has 394 valence electrons. The molecule has 3 heterocycles. The highest BCUT2D eigenvalue weighted by Gasteiger charge is 2.68. The molecule has 1 saturated carbocycles. The highest BCUT2D eigenvalue weighted by Crippen LogP contribution is 2.68. The molecule has 1 fully saturated rings. The van der Waals surface area contributed by atoms with Gasteiger partial charge >= 0.3 is 18.4 Å². The van der Waals surface area contributed by atoms with Crippen molar-refractivity contribution < 1.29 is 80.2 Å². The van der Waals surface area contributed by atoms with E-state index in [1.165, 1.54) is 13.8 Å². The molecule has 15 nitrogen and oxygen atoms in total. The largest absolute Gasteiger partial charge is 0.448 e. The number of pyridine rings is 1. The molecule has 3 aromatic heterocycles. The lowest BCUT2D eigenvalue weighted by Crippen LogP contribution is -2.37. The smallest absolute Gasteiger partial charge is 0.435 e. The van der Waals surface area contributed by atoms with Crippen molar-refractivity contribution in [2.24, 2.45) is 5.92 Å². The van der Waals surface area contributed by atoms with Crippen LogP contribution in [0.4, 0.5) is 54.5 Å². The lowest BCUT2D eigenvalue weighted by Gasteiger charge is -2.23. The second-order valence-corrected chi connectivity index (χ2v) is 22.7. The first-order valence-corrected chi connectivity index (χ1v) is 25.9. The fourth-order valence-electron chi connectivity index (χ4n) is 8.39. The van der Waals surface area contributed by atoms with Gasteiger partial charge in [0.2, 0.25) is 15.9 Å². The Balaban J connectivity index is 1.46. The average Bonchev–Trinajstić information content (AvgIpc) is 3.77. The average molecular weight is 1100 g/mol. The van der Waals surface area contributed by atoms with Crippen LogP contribution < -0.4 is 9.62 Å². The minimum atomic E-state index is -5.23. The number of amides is 2. The van der Waals surface area contributed by atoms with Crippen molar-refractivity contribution >= 4 is 60.2 Å². The molecule has 2 amide bonds. The van der Waals surface area contributed by atoms with Gasteiger partial charge in [-0.3, -0.25) is 14.2 Å². The third-order valence-corrected chi connectivity index (χ3v) is 15.3. The highest BCUT2D eigenvalue weighted by atomic mass is 35.5. The van der Waals surface area contributed by atoms with Gasteiger partial charge in [-0.25, -0.2) is 35.4 Å². The number of alkyl halides is 8. The van der Waals surface area contributed by atoms with Crippen molar-refractivity contribution in [3.8, 4) is 23.0 Å². The fourth-order valence-corrected chi connectivity index (χ4v) is 9.63. The highest BCUT2D eigenvalue weighted by molar-refractivity contribution is 7.93.